The number of hydrogen-bond acceptors (Lipinski definition) is 4. The summed E-state index contributed by atoms with van der Waals surface area (Å²) >= 11 is 5.93. The average molecular weight is 374 g/mol. The number of rotatable bonds is 4. The van der Waals surface area contributed by atoms with E-state index in [0.717, 1.165) is 0 Å². The second-order valence-electron chi connectivity index (χ2n) is 5.31. The maximum atomic E-state index is 13.1. The van der Waals surface area contributed by atoms with Crippen LogP contribution in [0.25, 0.3) is 0 Å². The molecule has 4 nitrogen and oxygen atoms in total. The van der Waals surface area contributed by atoms with Gasteiger partial charge in [0, 0.05) is 11.8 Å². The average Bonchev–Trinajstić information content (AvgIpc) is 2.52. The van der Waals surface area contributed by atoms with Gasteiger partial charge >= 0.3 is 6.18 Å². The Balaban J connectivity index is 2.67. The second kappa shape index (κ2) is 6.92. The Kier molecular flexibility index (Phi) is 5.27. The summed E-state index contributed by atoms with van der Waals surface area (Å²) in [4.78, 5) is 16.4. The first-order valence-electron chi connectivity index (χ1n) is 7.11. The molecule has 0 atom stereocenters. The van der Waals surface area contributed by atoms with Gasteiger partial charge in [0.25, 0.3) is 0 Å². The zero-order valence-corrected chi connectivity index (χ0v) is 14.7. The van der Waals surface area contributed by atoms with Gasteiger partial charge in [0.2, 0.25) is 0 Å². The molecule has 0 saturated carbocycles. The molecule has 2 aromatic rings. The molecule has 0 amide bonds. The number of nitrogens with zero attached hydrogens (tertiary/aromatic N) is 1. The number of aromatic nitrogens is 1. The maximum Gasteiger partial charge on any atom is 0.418 e. The van der Waals surface area contributed by atoms with Crippen LogP contribution >= 0.6 is 11.6 Å². The third-order valence-corrected chi connectivity index (χ3v) is 4.09. The van der Waals surface area contributed by atoms with Crippen molar-refractivity contribution in [1.29, 1.82) is 0 Å². The van der Waals surface area contributed by atoms with Crippen molar-refractivity contribution in [3.05, 3.63) is 51.3 Å². The van der Waals surface area contributed by atoms with Gasteiger partial charge in [-0.3, -0.25) is 4.79 Å². The summed E-state index contributed by atoms with van der Waals surface area (Å²) < 4.78 is 49.6. The first-order valence-corrected chi connectivity index (χ1v) is 7.49. The topological polar surface area (TPSA) is 48.4 Å². The lowest BCUT2D eigenvalue weighted by Gasteiger charge is -2.16. The van der Waals surface area contributed by atoms with Crippen molar-refractivity contribution in [2.45, 2.75) is 20.0 Å². The third-order valence-electron chi connectivity index (χ3n) is 3.80. The zero-order valence-electron chi connectivity index (χ0n) is 13.9. The van der Waals surface area contributed by atoms with Crippen LogP contribution in [0, 0.1) is 13.8 Å². The first-order chi connectivity index (χ1) is 11.6. The van der Waals surface area contributed by atoms with Crippen molar-refractivity contribution < 1.29 is 27.4 Å². The van der Waals surface area contributed by atoms with E-state index in [0.29, 0.717) is 17.5 Å². The van der Waals surface area contributed by atoms with Gasteiger partial charge in [-0.15, -0.1) is 0 Å². The highest BCUT2D eigenvalue weighted by Crippen LogP contribution is 2.37. The second-order valence-corrected chi connectivity index (χ2v) is 5.67. The number of carbonyl (C=O) groups is 1. The number of halogens is 4. The number of methoxy groups -OCH3 is 2. The standard InChI is InChI=1S/C17H15ClF3NO3/c1-8-5-12(24-3)13(25-4)6-10(8)15(23)14-9(2)11(17(19,20)21)7-22-16(14)18/h5-7H,1-4H3. The summed E-state index contributed by atoms with van der Waals surface area (Å²) in [5, 5.41) is -0.287. The van der Waals surface area contributed by atoms with Crippen molar-refractivity contribution >= 4 is 17.4 Å². The summed E-state index contributed by atoms with van der Waals surface area (Å²) in [7, 11) is 2.84. The molecule has 2 rings (SSSR count). The van der Waals surface area contributed by atoms with Crippen molar-refractivity contribution in [2.24, 2.45) is 0 Å². The fraction of sp³-hybridized carbons (Fsp3) is 0.294. The molecule has 1 heterocycles. The molecule has 1 aromatic carbocycles. The normalized spacial score (nSPS) is 11.4. The number of aryl methyl sites for hydroxylation is 1. The van der Waals surface area contributed by atoms with E-state index >= 15 is 0 Å². The molecule has 0 fully saturated rings. The van der Waals surface area contributed by atoms with Gasteiger partial charge < -0.3 is 9.47 Å². The Hall–Kier alpha value is -2.28. The van der Waals surface area contributed by atoms with Gasteiger partial charge in [-0.2, -0.15) is 13.2 Å². The van der Waals surface area contributed by atoms with E-state index in [9.17, 15) is 18.0 Å². The molecule has 0 spiro atoms. The summed E-state index contributed by atoms with van der Waals surface area (Å²) in [6, 6.07) is 2.98. The predicted molar refractivity (Wildman–Crippen MR) is 86.7 cm³/mol. The molecule has 0 radical (unpaired) electrons. The summed E-state index contributed by atoms with van der Waals surface area (Å²) in [6.07, 6.45) is -4.01. The minimum atomic E-state index is -4.64. The van der Waals surface area contributed by atoms with E-state index in [1.807, 2.05) is 0 Å². The van der Waals surface area contributed by atoms with Crippen molar-refractivity contribution in [3.8, 4) is 11.5 Å². The largest absolute Gasteiger partial charge is 0.493 e. The smallest absolute Gasteiger partial charge is 0.418 e. The van der Waals surface area contributed by atoms with Gasteiger partial charge in [-0.25, -0.2) is 4.98 Å². The number of alkyl halides is 3. The van der Waals surface area contributed by atoms with Crippen molar-refractivity contribution in [2.75, 3.05) is 14.2 Å². The molecular weight excluding hydrogens is 359 g/mol. The lowest BCUT2D eigenvalue weighted by Crippen LogP contribution is -2.15. The predicted octanol–water partition coefficient (Wildman–Crippen LogP) is 4.62. The number of ether oxygens (including phenoxy) is 2. The van der Waals surface area contributed by atoms with Crippen LogP contribution < -0.4 is 9.47 Å². The van der Waals surface area contributed by atoms with Crippen molar-refractivity contribution in [3.63, 3.8) is 0 Å². The minimum absolute atomic E-state index is 0.156. The molecule has 134 valence electrons. The number of benzene rings is 1. The van der Waals surface area contributed by atoms with Gasteiger partial charge in [0.1, 0.15) is 5.15 Å². The Labute approximate surface area is 147 Å². The molecule has 0 bridgehead atoms. The summed E-state index contributed by atoms with van der Waals surface area (Å²) in [6.45, 7) is 2.83. The molecule has 1 aromatic heterocycles. The van der Waals surface area contributed by atoms with Crippen LogP contribution in [0.15, 0.2) is 18.3 Å². The molecule has 0 aliphatic heterocycles. The lowest BCUT2D eigenvalue weighted by molar-refractivity contribution is -0.138. The lowest BCUT2D eigenvalue weighted by atomic mass is 9.95. The van der Waals surface area contributed by atoms with Crippen LogP contribution in [-0.4, -0.2) is 25.0 Å². The number of ketones is 1. The number of carbonyl (C=O) groups excluding carboxylic acids is 1. The summed E-state index contributed by atoms with van der Waals surface area (Å²) in [5.41, 5.74) is -0.892. The first kappa shape index (κ1) is 19.1. The van der Waals surface area contributed by atoms with E-state index in [-0.39, 0.29) is 27.6 Å². The molecule has 0 N–H and O–H groups in total. The van der Waals surface area contributed by atoms with Crippen LogP contribution in [0.5, 0.6) is 11.5 Å². The molecular formula is C17H15ClF3NO3. The SMILES string of the molecule is COc1cc(C)c(C(=O)c2c(Cl)ncc(C(F)(F)F)c2C)cc1OC. The van der Waals surface area contributed by atoms with Gasteiger partial charge in [-0.05, 0) is 37.1 Å². The molecule has 0 aliphatic carbocycles. The number of hydrogen-bond donors (Lipinski definition) is 0. The molecule has 0 saturated heterocycles. The Morgan fingerprint density at radius 1 is 1.12 bits per heavy atom. The fourth-order valence-electron chi connectivity index (χ4n) is 2.48. The van der Waals surface area contributed by atoms with E-state index in [1.165, 1.54) is 27.2 Å². The highest BCUT2D eigenvalue weighted by molar-refractivity contribution is 6.34. The highest BCUT2D eigenvalue weighted by Gasteiger charge is 2.35. The van der Waals surface area contributed by atoms with Gasteiger partial charge in [-0.1, -0.05) is 11.6 Å². The summed E-state index contributed by atoms with van der Waals surface area (Å²) in [5.74, 6) is 0.0197. The van der Waals surface area contributed by atoms with Gasteiger partial charge in [0.15, 0.2) is 17.3 Å². The zero-order chi connectivity index (χ0) is 18.9. The third kappa shape index (κ3) is 3.56. The fourth-order valence-corrected chi connectivity index (χ4v) is 2.76. The van der Waals surface area contributed by atoms with E-state index in [1.54, 1.807) is 13.0 Å². The maximum absolute atomic E-state index is 13.1. The van der Waals surface area contributed by atoms with E-state index < -0.39 is 17.5 Å². The molecule has 25 heavy (non-hydrogen) atoms. The quantitative estimate of drug-likeness (QED) is 0.579. The Morgan fingerprint density at radius 3 is 2.20 bits per heavy atom. The molecule has 0 unspecified atom stereocenters. The monoisotopic (exact) mass is 373 g/mol. The minimum Gasteiger partial charge on any atom is -0.493 e. The van der Waals surface area contributed by atoms with Crippen LogP contribution in [0.3, 0.4) is 0 Å². The van der Waals surface area contributed by atoms with E-state index in [2.05, 4.69) is 4.98 Å². The Morgan fingerprint density at radius 2 is 1.68 bits per heavy atom. The molecule has 8 heteroatoms. The van der Waals surface area contributed by atoms with Crippen LogP contribution in [-0.2, 0) is 6.18 Å². The van der Waals surface area contributed by atoms with E-state index in [4.69, 9.17) is 21.1 Å². The van der Waals surface area contributed by atoms with Crippen molar-refractivity contribution in [1.82, 2.24) is 4.98 Å². The van der Waals surface area contributed by atoms with Gasteiger partial charge in [0.05, 0.1) is 25.3 Å². The van der Waals surface area contributed by atoms with Crippen LogP contribution in [0.2, 0.25) is 5.15 Å². The molecule has 0 aliphatic rings. The Bertz CT molecular complexity index is 835. The van der Waals surface area contributed by atoms with Crippen LogP contribution in [0.4, 0.5) is 13.2 Å². The highest BCUT2D eigenvalue weighted by atomic mass is 35.5. The number of pyridine rings is 1. The van der Waals surface area contributed by atoms with Crippen LogP contribution in [0.1, 0.15) is 32.6 Å².